The molecule has 1 amide bonds. The first-order valence-electron chi connectivity index (χ1n) is 6.60. The molecule has 0 bridgehead atoms. The maximum atomic E-state index is 11.8. The minimum absolute atomic E-state index is 0.0855. The van der Waals surface area contributed by atoms with Gasteiger partial charge in [0.1, 0.15) is 6.54 Å². The lowest BCUT2D eigenvalue weighted by Gasteiger charge is -2.08. The number of nitrogens with zero attached hydrogens (tertiary/aromatic N) is 2. The summed E-state index contributed by atoms with van der Waals surface area (Å²) in [6.45, 7) is 4.49. The van der Waals surface area contributed by atoms with E-state index in [9.17, 15) is 9.59 Å². The van der Waals surface area contributed by atoms with Crippen LogP contribution in [0.1, 0.15) is 12.5 Å². The van der Waals surface area contributed by atoms with Gasteiger partial charge in [0.15, 0.2) is 5.16 Å². The van der Waals surface area contributed by atoms with Gasteiger partial charge in [-0.1, -0.05) is 23.9 Å². The fourth-order valence-corrected chi connectivity index (χ4v) is 2.78. The molecule has 0 atom stereocenters. The summed E-state index contributed by atoms with van der Waals surface area (Å²) < 4.78 is 1.76. The van der Waals surface area contributed by atoms with E-state index >= 15 is 0 Å². The summed E-state index contributed by atoms with van der Waals surface area (Å²) in [5.41, 5.74) is 2.64. The van der Waals surface area contributed by atoms with E-state index in [0.717, 1.165) is 28.4 Å². The van der Waals surface area contributed by atoms with Gasteiger partial charge in [0.25, 0.3) is 0 Å². The second kappa shape index (κ2) is 6.62. The zero-order valence-corrected chi connectivity index (χ0v) is 12.7. The highest BCUT2D eigenvalue weighted by molar-refractivity contribution is 7.99. The summed E-state index contributed by atoms with van der Waals surface area (Å²) in [5, 5.41) is 12.1. The molecule has 1 heterocycles. The number of aryl methyl sites for hydroxylation is 1. The summed E-state index contributed by atoms with van der Waals surface area (Å²) in [7, 11) is 0. The Kier molecular flexibility index (Phi) is 4.85. The largest absolute Gasteiger partial charge is 0.481 e. The van der Waals surface area contributed by atoms with Gasteiger partial charge >= 0.3 is 5.97 Å². The number of fused-ring (bicyclic) bond motifs is 1. The van der Waals surface area contributed by atoms with Gasteiger partial charge in [0.2, 0.25) is 5.91 Å². The van der Waals surface area contributed by atoms with Crippen LogP contribution in [0.5, 0.6) is 0 Å². The number of carboxylic acid groups (broad SMARTS) is 1. The molecule has 2 rings (SSSR count). The van der Waals surface area contributed by atoms with Crippen LogP contribution in [-0.2, 0) is 16.1 Å². The normalized spacial score (nSPS) is 10.8. The number of carbonyl (C=O) groups is 2. The molecule has 0 saturated carbocycles. The van der Waals surface area contributed by atoms with Gasteiger partial charge in [-0.3, -0.25) is 9.59 Å². The first-order valence-corrected chi connectivity index (χ1v) is 7.58. The summed E-state index contributed by atoms with van der Waals surface area (Å²) in [6, 6.07) is 5.73. The Balaban J connectivity index is 2.42. The molecule has 2 N–H and O–H groups in total. The van der Waals surface area contributed by atoms with Crippen molar-refractivity contribution in [3.8, 4) is 0 Å². The van der Waals surface area contributed by atoms with Crippen molar-refractivity contribution in [2.45, 2.75) is 25.5 Å². The Labute approximate surface area is 126 Å². The van der Waals surface area contributed by atoms with Gasteiger partial charge in [-0.05, 0) is 25.5 Å². The van der Waals surface area contributed by atoms with Crippen LogP contribution in [0, 0.1) is 6.92 Å². The number of nitrogens with one attached hydrogen (secondary N) is 1. The molecule has 0 unspecified atom stereocenters. The zero-order chi connectivity index (χ0) is 15.4. The number of amides is 1. The zero-order valence-electron chi connectivity index (χ0n) is 11.9. The van der Waals surface area contributed by atoms with Crippen LogP contribution in [0.2, 0.25) is 0 Å². The highest BCUT2D eigenvalue weighted by atomic mass is 32.2. The van der Waals surface area contributed by atoms with Gasteiger partial charge in [-0.15, -0.1) is 0 Å². The van der Waals surface area contributed by atoms with Crippen LogP contribution in [0.4, 0.5) is 0 Å². The standard InChI is InChI=1S/C14H17N3O3S/c1-3-15-11(18)7-17-10-6-4-5-9(2)13(10)16-14(17)21-8-12(19)20/h4-6H,3,7-8H2,1-2H3,(H,15,18)(H,19,20). The topological polar surface area (TPSA) is 84.2 Å². The minimum Gasteiger partial charge on any atom is -0.481 e. The SMILES string of the molecule is CCNC(=O)Cn1c(SCC(=O)O)nc2c(C)cccc21. The van der Waals surface area contributed by atoms with Crippen LogP contribution in [0.15, 0.2) is 23.4 Å². The van der Waals surface area contributed by atoms with E-state index < -0.39 is 5.97 Å². The number of hydrogen-bond acceptors (Lipinski definition) is 4. The van der Waals surface area contributed by atoms with E-state index in [1.54, 1.807) is 4.57 Å². The molecular weight excluding hydrogens is 290 g/mol. The van der Waals surface area contributed by atoms with Crippen molar-refractivity contribution in [2.24, 2.45) is 0 Å². The summed E-state index contributed by atoms with van der Waals surface area (Å²) in [6.07, 6.45) is 0. The molecule has 7 heteroatoms. The predicted molar refractivity (Wildman–Crippen MR) is 81.5 cm³/mol. The first-order chi connectivity index (χ1) is 10.0. The van der Waals surface area contributed by atoms with Gasteiger partial charge < -0.3 is 15.0 Å². The van der Waals surface area contributed by atoms with E-state index in [-0.39, 0.29) is 18.2 Å². The Morgan fingerprint density at radius 2 is 2.19 bits per heavy atom. The Bertz CT molecular complexity index is 681. The number of aromatic nitrogens is 2. The molecule has 21 heavy (non-hydrogen) atoms. The number of aliphatic carboxylic acids is 1. The lowest BCUT2D eigenvalue weighted by molar-refractivity contribution is -0.133. The number of carboxylic acids is 1. The van der Waals surface area contributed by atoms with Crippen LogP contribution < -0.4 is 5.32 Å². The molecule has 2 aromatic rings. The van der Waals surface area contributed by atoms with Gasteiger partial charge in [-0.2, -0.15) is 0 Å². The number of rotatable bonds is 6. The molecule has 6 nitrogen and oxygen atoms in total. The fourth-order valence-electron chi connectivity index (χ4n) is 2.05. The number of para-hydroxylation sites is 1. The van der Waals surface area contributed by atoms with Crippen molar-refractivity contribution in [1.82, 2.24) is 14.9 Å². The number of imidazole rings is 1. The molecule has 112 valence electrons. The van der Waals surface area contributed by atoms with Gasteiger partial charge in [0, 0.05) is 6.54 Å². The van der Waals surface area contributed by atoms with Crippen LogP contribution in [0.3, 0.4) is 0 Å². The van der Waals surface area contributed by atoms with Crippen LogP contribution in [-0.4, -0.2) is 38.8 Å². The highest BCUT2D eigenvalue weighted by Gasteiger charge is 2.16. The summed E-state index contributed by atoms with van der Waals surface area (Å²) >= 11 is 1.12. The van der Waals surface area contributed by atoms with Crippen molar-refractivity contribution in [3.05, 3.63) is 23.8 Å². The average Bonchev–Trinajstić information content (AvgIpc) is 2.76. The van der Waals surface area contributed by atoms with E-state index in [1.165, 1.54) is 0 Å². The van der Waals surface area contributed by atoms with Crippen molar-refractivity contribution >= 4 is 34.7 Å². The molecule has 0 saturated heterocycles. The van der Waals surface area contributed by atoms with Crippen molar-refractivity contribution in [2.75, 3.05) is 12.3 Å². The summed E-state index contributed by atoms with van der Waals surface area (Å²) in [4.78, 5) is 27.1. The molecule has 1 aromatic carbocycles. The molecule has 0 spiro atoms. The number of hydrogen-bond donors (Lipinski definition) is 2. The van der Waals surface area contributed by atoms with Crippen molar-refractivity contribution < 1.29 is 14.7 Å². The average molecular weight is 307 g/mol. The third-order valence-corrected chi connectivity index (χ3v) is 3.91. The van der Waals surface area contributed by atoms with Crippen molar-refractivity contribution in [1.29, 1.82) is 0 Å². The Morgan fingerprint density at radius 1 is 1.43 bits per heavy atom. The quantitative estimate of drug-likeness (QED) is 0.793. The highest BCUT2D eigenvalue weighted by Crippen LogP contribution is 2.25. The lowest BCUT2D eigenvalue weighted by atomic mass is 10.2. The molecule has 0 radical (unpaired) electrons. The Morgan fingerprint density at radius 3 is 2.86 bits per heavy atom. The van der Waals surface area contributed by atoms with Gasteiger partial charge in [-0.25, -0.2) is 4.98 Å². The lowest BCUT2D eigenvalue weighted by Crippen LogP contribution is -2.27. The predicted octanol–water partition coefficient (Wildman–Crippen LogP) is 1.66. The second-order valence-corrected chi connectivity index (χ2v) is 5.50. The number of thioether (sulfide) groups is 1. The van der Waals surface area contributed by atoms with E-state index in [4.69, 9.17) is 5.11 Å². The second-order valence-electron chi connectivity index (χ2n) is 4.56. The van der Waals surface area contributed by atoms with E-state index in [2.05, 4.69) is 10.3 Å². The molecular formula is C14H17N3O3S. The molecule has 1 aromatic heterocycles. The smallest absolute Gasteiger partial charge is 0.313 e. The van der Waals surface area contributed by atoms with E-state index in [1.807, 2.05) is 32.0 Å². The van der Waals surface area contributed by atoms with Crippen LogP contribution in [0.25, 0.3) is 11.0 Å². The molecule has 0 aliphatic heterocycles. The fraction of sp³-hybridized carbons (Fsp3) is 0.357. The third kappa shape index (κ3) is 3.55. The molecule has 0 fully saturated rings. The number of likely N-dealkylation sites (N-methyl/N-ethyl adjacent to an activating group) is 1. The maximum Gasteiger partial charge on any atom is 0.313 e. The number of benzene rings is 1. The third-order valence-electron chi connectivity index (χ3n) is 2.95. The van der Waals surface area contributed by atoms with Crippen LogP contribution >= 0.6 is 11.8 Å². The molecule has 0 aliphatic carbocycles. The van der Waals surface area contributed by atoms with E-state index in [0.29, 0.717) is 11.7 Å². The van der Waals surface area contributed by atoms with Gasteiger partial charge in [0.05, 0.1) is 16.8 Å². The Hall–Kier alpha value is -2.02. The maximum absolute atomic E-state index is 11.8. The minimum atomic E-state index is -0.909. The molecule has 0 aliphatic rings. The number of carbonyl (C=O) groups excluding carboxylic acids is 1. The van der Waals surface area contributed by atoms with Crippen molar-refractivity contribution in [3.63, 3.8) is 0 Å². The monoisotopic (exact) mass is 307 g/mol. The first kappa shape index (κ1) is 15.4. The summed E-state index contributed by atoms with van der Waals surface area (Å²) in [5.74, 6) is -1.11.